The number of fused-ring (bicyclic) bond motifs is 1. The van der Waals surface area contributed by atoms with Crippen LogP contribution >= 0.6 is 0 Å². The molecule has 1 N–H and O–H groups in total. The maximum atomic E-state index is 13.0. The van der Waals surface area contributed by atoms with Crippen LogP contribution in [0.1, 0.15) is 24.9 Å². The van der Waals surface area contributed by atoms with Crippen LogP contribution in [-0.4, -0.2) is 22.9 Å². The van der Waals surface area contributed by atoms with Gasteiger partial charge in [0.25, 0.3) is 0 Å². The molecule has 20 heavy (non-hydrogen) atoms. The van der Waals surface area contributed by atoms with E-state index < -0.39 is 0 Å². The summed E-state index contributed by atoms with van der Waals surface area (Å²) >= 11 is -0.0301. The van der Waals surface area contributed by atoms with Crippen LogP contribution in [-0.2, 0) is 0 Å². The van der Waals surface area contributed by atoms with Gasteiger partial charge in [0.05, 0.1) is 0 Å². The van der Waals surface area contributed by atoms with Gasteiger partial charge < -0.3 is 0 Å². The molecule has 0 aliphatic rings. The summed E-state index contributed by atoms with van der Waals surface area (Å²) in [6.07, 6.45) is 0.914. The van der Waals surface area contributed by atoms with Crippen molar-refractivity contribution in [1.82, 2.24) is 7.96 Å². The first kappa shape index (κ1) is 13.3. The van der Waals surface area contributed by atoms with E-state index in [9.17, 15) is 4.39 Å². The molecule has 1 heterocycles. The Labute approximate surface area is 123 Å². The summed E-state index contributed by atoms with van der Waals surface area (Å²) in [5.41, 5.74) is 3.99. The number of hydrogen-bond acceptors (Lipinski definition) is 3. The van der Waals surface area contributed by atoms with Gasteiger partial charge in [0.2, 0.25) is 0 Å². The fraction of sp³-hybridized carbons (Fsp3) is 0.200. The Hall–Kier alpha value is -1.71. The summed E-state index contributed by atoms with van der Waals surface area (Å²) in [7, 11) is 0. The molecule has 0 radical (unpaired) electrons. The molecule has 0 spiro atoms. The van der Waals surface area contributed by atoms with Crippen LogP contribution in [0.4, 0.5) is 10.1 Å². The summed E-state index contributed by atoms with van der Waals surface area (Å²) in [5, 5.41) is 3.50. The summed E-state index contributed by atoms with van der Waals surface area (Å²) in [6.45, 7) is 2.11. The molecule has 5 heteroatoms. The fourth-order valence-electron chi connectivity index (χ4n) is 2.23. The molecule has 3 rings (SSSR count). The number of halogens is 1. The molecule has 1 aromatic heterocycles. The van der Waals surface area contributed by atoms with Crippen molar-refractivity contribution < 1.29 is 4.39 Å². The number of benzene rings is 2. The third-order valence-electron chi connectivity index (χ3n) is 3.30. The van der Waals surface area contributed by atoms with E-state index >= 15 is 0 Å². The van der Waals surface area contributed by atoms with Crippen LogP contribution in [0, 0.1) is 5.82 Å². The quantitative estimate of drug-likeness (QED) is 0.743. The second kappa shape index (κ2) is 5.73. The Morgan fingerprint density at radius 2 is 1.95 bits per heavy atom. The molecular weight excluding hydrogens is 320 g/mol. The summed E-state index contributed by atoms with van der Waals surface area (Å²) in [5.74, 6) is -0.208. The van der Waals surface area contributed by atoms with Crippen LogP contribution < -0.4 is 5.32 Å². The van der Waals surface area contributed by atoms with Crippen molar-refractivity contribution in [2.24, 2.45) is 0 Å². The Morgan fingerprint density at radius 1 is 1.15 bits per heavy atom. The van der Waals surface area contributed by atoms with Crippen LogP contribution in [0.5, 0.6) is 0 Å². The first-order chi connectivity index (χ1) is 9.78. The summed E-state index contributed by atoms with van der Waals surface area (Å²) in [4.78, 5) is 0. The van der Waals surface area contributed by atoms with E-state index in [0.29, 0.717) is 0 Å². The van der Waals surface area contributed by atoms with Crippen molar-refractivity contribution in [3.63, 3.8) is 0 Å². The third kappa shape index (κ3) is 2.60. The van der Waals surface area contributed by atoms with Gasteiger partial charge in [-0.3, -0.25) is 0 Å². The Balaban J connectivity index is 1.91. The SMILES string of the molecule is CCC(Nc1cccc2n[se]nc12)c1ccc(F)cc1. The number of anilines is 1. The zero-order chi connectivity index (χ0) is 13.9. The molecule has 0 aliphatic carbocycles. The summed E-state index contributed by atoms with van der Waals surface area (Å²) < 4.78 is 21.9. The average Bonchev–Trinajstić information content (AvgIpc) is 2.95. The van der Waals surface area contributed by atoms with Gasteiger partial charge in [-0.05, 0) is 0 Å². The summed E-state index contributed by atoms with van der Waals surface area (Å²) in [6, 6.07) is 12.8. The van der Waals surface area contributed by atoms with Crippen LogP contribution in [0.3, 0.4) is 0 Å². The van der Waals surface area contributed by atoms with E-state index in [-0.39, 0.29) is 26.8 Å². The van der Waals surface area contributed by atoms with Crippen molar-refractivity contribution in [3.8, 4) is 0 Å². The van der Waals surface area contributed by atoms with Crippen LogP contribution in [0.25, 0.3) is 11.0 Å². The van der Waals surface area contributed by atoms with Crippen LogP contribution in [0.2, 0.25) is 0 Å². The molecule has 1 unspecified atom stereocenters. The van der Waals surface area contributed by atoms with Crippen molar-refractivity contribution in [2.45, 2.75) is 19.4 Å². The maximum absolute atomic E-state index is 13.0. The van der Waals surface area contributed by atoms with Crippen molar-refractivity contribution in [3.05, 3.63) is 53.8 Å². The Bertz CT molecular complexity index is 708. The number of aromatic nitrogens is 2. The van der Waals surface area contributed by atoms with Gasteiger partial charge in [-0.25, -0.2) is 0 Å². The minimum atomic E-state index is -0.208. The van der Waals surface area contributed by atoms with Gasteiger partial charge in [0, 0.05) is 0 Å². The van der Waals surface area contributed by atoms with Gasteiger partial charge in [-0.15, -0.1) is 0 Å². The molecule has 1 atom stereocenters. The molecule has 0 aliphatic heterocycles. The zero-order valence-corrected chi connectivity index (χ0v) is 12.7. The predicted octanol–water partition coefficient (Wildman–Crippen LogP) is 3.39. The topological polar surface area (TPSA) is 37.8 Å². The second-order valence-electron chi connectivity index (χ2n) is 4.59. The molecule has 0 fully saturated rings. The fourth-order valence-corrected chi connectivity index (χ4v) is 3.38. The predicted molar refractivity (Wildman–Crippen MR) is 79.5 cm³/mol. The molecule has 3 aromatic rings. The molecule has 0 saturated heterocycles. The first-order valence-electron chi connectivity index (χ1n) is 6.51. The van der Waals surface area contributed by atoms with E-state index in [0.717, 1.165) is 28.7 Å². The number of nitrogens with one attached hydrogen (secondary N) is 1. The average molecular weight is 334 g/mol. The second-order valence-corrected chi connectivity index (χ2v) is 5.70. The number of nitrogens with zero attached hydrogens (tertiary/aromatic N) is 2. The molecule has 2 aromatic carbocycles. The van der Waals surface area contributed by atoms with Gasteiger partial charge >= 0.3 is 123 Å². The first-order valence-corrected chi connectivity index (χ1v) is 8.04. The van der Waals surface area contributed by atoms with E-state index in [1.54, 1.807) is 0 Å². The number of hydrogen-bond donors (Lipinski definition) is 1. The third-order valence-corrected chi connectivity index (χ3v) is 4.43. The zero-order valence-electron chi connectivity index (χ0n) is 11.0. The van der Waals surface area contributed by atoms with Crippen molar-refractivity contribution in [1.29, 1.82) is 0 Å². The minimum absolute atomic E-state index is 0.0301. The van der Waals surface area contributed by atoms with E-state index in [4.69, 9.17) is 0 Å². The van der Waals surface area contributed by atoms with Gasteiger partial charge in [0.1, 0.15) is 0 Å². The van der Waals surface area contributed by atoms with Gasteiger partial charge in [-0.1, -0.05) is 0 Å². The number of rotatable bonds is 4. The molecule has 0 saturated carbocycles. The molecule has 0 amide bonds. The van der Waals surface area contributed by atoms with Gasteiger partial charge in [0.15, 0.2) is 0 Å². The molecule has 0 bridgehead atoms. The monoisotopic (exact) mass is 335 g/mol. The Kier molecular flexibility index (Phi) is 3.81. The Morgan fingerprint density at radius 3 is 2.70 bits per heavy atom. The molecule has 3 nitrogen and oxygen atoms in total. The molecule has 102 valence electrons. The normalized spacial score (nSPS) is 12.5. The van der Waals surface area contributed by atoms with Crippen molar-refractivity contribution in [2.75, 3.05) is 5.32 Å². The van der Waals surface area contributed by atoms with Crippen molar-refractivity contribution >= 4 is 31.7 Å². The van der Waals surface area contributed by atoms with E-state index in [2.05, 4.69) is 20.2 Å². The molecular formula is C15H14FN3Se. The van der Waals surface area contributed by atoms with E-state index in [1.807, 2.05) is 30.3 Å². The van der Waals surface area contributed by atoms with E-state index in [1.165, 1.54) is 12.1 Å². The van der Waals surface area contributed by atoms with Crippen LogP contribution in [0.15, 0.2) is 42.5 Å². The van der Waals surface area contributed by atoms with Gasteiger partial charge in [-0.2, -0.15) is 0 Å². The standard InChI is InChI=1S/C15H14FN3Se/c1-2-12(10-6-8-11(16)9-7-10)17-13-4-3-5-14-15(13)19-20-18-14/h3-9,12,17H,2H2,1H3.